The fraction of sp³-hybridized carbons (Fsp3) is 0.438. The van der Waals surface area contributed by atoms with Crippen molar-refractivity contribution in [1.82, 2.24) is 15.1 Å². The molecule has 0 fully saturated rings. The number of rotatable bonds is 5. The Morgan fingerprint density at radius 1 is 1.25 bits per heavy atom. The van der Waals surface area contributed by atoms with E-state index in [2.05, 4.69) is 64.9 Å². The van der Waals surface area contributed by atoms with Gasteiger partial charge >= 0.3 is 0 Å². The molecule has 0 saturated carbocycles. The highest BCUT2D eigenvalue weighted by atomic mass is 79.9. The number of hydrogen-bond acceptors (Lipinski definition) is 2. The van der Waals surface area contributed by atoms with Gasteiger partial charge in [-0.2, -0.15) is 5.10 Å². The normalized spacial score (nSPS) is 11.1. The summed E-state index contributed by atoms with van der Waals surface area (Å²) in [5, 5.41) is 7.93. The Balaban J connectivity index is 2.35. The molecule has 0 bridgehead atoms. The van der Waals surface area contributed by atoms with Gasteiger partial charge < -0.3 is 5.32 Å². The monoisotopic (exact) mass is 335 g/mol. The predicted molar refractivity (Wildman–Crippen MR) is 87.7 cm³/mol. The Morgan fingerprint density at radius 2 is 2.00 bits per heavy atom. The van der Waals surface area contributed by atoms with E-state index >= 15 is 0 Å². The molecule has 0 aliphatic carbocycles. The zero-order valence-corrected chi connectivity index (χ0v) is 14.2. The molecule has 1 aromatic heterocycles. The van der Waals surface area contributed by atoms with E-state index in [9.17, 15) is 0 Å². The Morgan fingerprint density at radius 3 is 2.65 bits per heavy atom. The van der Waals surface area contributed by atoms with E-state index in [1.807, 2.05) is 7.05 Å². The largest absolute Gasteiger partial charge is 0.320 e. The summed E-state index contributed by atoms with van der Waals surface area (Å²) in [5.41, 5.74) is 6.16. The molecular formula is C16H22BrN3. The van der Waals surface area contributed by atoms with Gasteiger partial charge in [-0.1, -0.05) is 15.9 Å². The third-order valence-corrected chi connectivity index (χ3v) is 4.18. The van der Waals surface area contributed by atoms with E-state index in [1.54, 1.807) is 0 Å². The lowest BCUT2D eigenvalue weighted by Crippen LogP contribution is -2.09. The summed E-state index contributed by atoms with van der Waals surface area (Å²) in [7, 11) is 1.99. The molecule has 0 atom stereocenters. The molecule has 0 unspecified atom stereocenters. The number of hydrogen-bond donors (Lipinski definition) is 1. The van der Waals surface area contributed by atoms with E-state index in [0.29, 0.717) is 0 Å². The number of benzene rings is 1. The molecule has 1 N–H and O–H groups in total. The molecule has 0 saturated heterocycles. The Labute approximate surface area is 129 Å². The standard InChI is InChI=1S/C16H22BrN3/c1-11-10-14(17)7-8-16(11)20-13(3)15(12(2)19-20)6-5-9-18-4/h7-8,10,18H,5-6,9H2,1-4H3. The molecule has 0 spiro atoms. The molecule has 0 radical (unpaired) electrons. The number of halogens is 1. The van der Waals surface area contributed by atoms with Crippen molar-refractivity contribution in [2.75, 3.05) is 13.6 Å². The summed E-state index contributed by atoms with van der Waals surface area (Å²) >= 11 is 3.51. The van der Waals surface area contributed by atoms with Crippen LogP contribution in [0.5, 0.6) is 0 Å². The summed E-state index contributed by atoms with van der Waals surface area (Å²) in [5.74, 6) is 0. The first-order valence-corrected chi connectivity index (χ1v) is 7.80. The molecule has 2 aromatic rings. The van der Waals surface area contributed by atoms with Crippen LogP contribution in [0.3, 0.4) is 0 Å². The fourth-order valence-electron chi connectivity index (χ4n) is 2.57. The van der Waals surface area contributed by atoms with Crippen LogP contribution in [-0.2, 0) is 6.42 Å². The third-order valence-electron chi connectivity index (χ3n) is 3.68. The number of nitrogens with zero attached hydrogens (tertiary/aromatic N) is 2. The van der Waals surface area contributed by atoms with Crippen LogP contribution in [0.15, 0.2) is 22.7 Å². The van der Waals surface area contributed by atoms with Gasteiger partial charge in [0.05, 0.1) is 11.4 Å². The molecule has 4 heteroatoms. The summed E-state index contributed by atoms with van der Waals surface area (Å²) in [6.45, 7) is 7.43. The van der Waals surface area contributed by atoms with Gasteiger partial charge in [0, 0.05) is 10.2 Å². The second-order valence-corrected chi connectivity index (χ2v) is 6.11. The summed E-state index contributed by atoms with van der Waals surface area (Å²) in [6.07, 6.45) is 2.22. The van der Waals surface area contributed by atoms with E-state index < -0.39 is 0 Å². The van der Waals surface area contributed by atoms with Gasteiger partial charge in [0.15, 0.2) is 0 Å². The van der Waals surface area contributed by atoms with Crippen molar-refractivity contribution in [2.45, 2.75) is 33.6 Å². The van der Waals surface area contributed by atoms with E-state index in [1.165, 1.54) is 16.8 Å². The minimum atomic E-state index is 1.04. The maximum atomic E-state index is 4.73. The zero-order chi connectivity index (χ0) is 14.7. The van der Waals surface area contributed by atoms with Crippen molar-refractivity contribution in [3.05, 3.63) is 45.2 Å². The third kappa shape index (κ3) is 3.13. The predicted octanol–water partition coefficient (Wildman–Crippen LogP) is 3.71. The van der Waals surface area contributed by atoms with E-state index in [0.717, 1.165) is 35.2 Å². The Bertz CT molecular complexity index is 602. The minimum Gasteiger partial charge on any atom is -0.320 e. The number of aryl methyl sites for hydroxylation is 2. The molecule has 0 amide bonds. The molecule has 20 heavy (non-hydrogen) atoms. The maximum Gasteiger partial charge on any atom is 0.0678 e. The highest BCUT2D eigenvalue weighted by molar-refractivity contribution is 9.10. The first-order valence-electron chi connectivity index (χ1n) is 7.00. The van der Waals surface area contributed by atoms with Crippen LogP contribution in [0.1, 0.15) is 28.9 Å². The first-order chi connectivity index (χ1) is 9.54. The average Bonchev–Trinajstić information content (AvgIpc) is 2.67. The second kappa shape index (κ2) is 6.55. The van der Waals surface area contributed by atoms with Gasteiger partial charge in [0.2, 0.25) is 0 Å². The highest BCUT2D eigenvalue weighted by Crippen LogP contribution is 2.23. The second-order valence-electron chi connectivity index (χ2n) is 5.20. The molecule has 2 rings (SSSR count). The maximum absolute atomic E-state index is 4.73. The van der Waals surface area contributed by atoms with Gasteiger partial charge in [-0.15, -0.1) is 0 Å². The highest BCUT2D eigenvalue weighted by Gasteiger charge is 2.13. The summed E-state index contributed by atoms with van der Waals surface area (Å²) < 4.78 is 3.18. The van der Waals surface area contributed by atoms with Crippen LogP contribution in [0.2, 0.25) is 0 Å². The van der Waals surface area contributed by atoms with Crippen molar-refractivity contribution in [1.29, 1.82) is 0 Å². The minimum absolute atomic E-state index is 1.04. The van der Waals surface area contributed by atoms with Crippen molar-refractivity contribution in [3.63, 3.8) is 0 Å². The average molecular weight is 336 g/mol. The summed E-state index contributed by atoms with van der Waals surface area (Å²) in [4.78, 5) is 0. The SMILES string of the molecule is CNCCCc1c(C)nn(-c2ccc(Br)cc2C)c1C. The molecule has 108 valence electrons. The quantitative estimate of drug-likeness (QED) is 0.844. The van der Waals surface area contributed by atoms with Crippen LogP contribution in [-0.4, -0.2) is 23.4 Å². The Hall–Kier alpha value is -1.13. The van der Waals surface area contributed by atoms with Crippen LogP contribution < -0.4 is 5.32 Å². The smallest absolute Gasteiger partial charge is 0.0678 e. The van der Waals surface area contributed by atoms with Gasteiger partial charge in [-0.25, -0.2) is 4.68 Å². The molecule has 1 heterocycles. The van der Waals surface area contributed by atoms with Crippen LogP contribution >= 0.6 is 15.9 Å². The lowest BCUT2D eigenvalue weighted by molar-refractivity contribution is 0.720. The molecular weight excluding hydrogens is 314 g/mol. The van der Waals surface area contributed by atoms with Crippen LogP contribution in [0.4, 0.5) is 0 Å². The zero-order valence-electron chi connectivity index (χ0n) is 12.6. The van der Waals surface area contributed by atoms with E-state index in [-0.39, 0.29) is 0 Å². The lowest BCUT2D eigenvalue weighted by Gasteiger charge is -2.09. The summed E-state index contributed by atoms with van der Waals surface area (Å²) in [6, 6.07) is 6.32. The van der Waals surface area contributed by atoms with Crippen molar-refractivity contribution >= 4 is 15.9 Å². The van der Waals surface area contributed by atoms with Crippen molar-refractivity contribution < 1.29 is 0 Å². The van der Waals surface area contributed by atoms with Gasteiger partial charge in [-0.05, 0) is 76.5 Å². The van der Waals surface area contributed by atoms with E-state index in [4.69, 9.17) is 5.10 Å². The van der Waals surface area contributed by atoms with Crippen LogP contribution in [0.25, 0.3) is 5.69 Å². The van der Waals surface area contributed by atoms with Gasteiger partial charge in [0.25, 0.3) is 0 Å². The number of aromatic nitrogens is 2. The molecule has 1 aromatic carbocycles. The van der Waals surface area contributed by atoms with Crippen LogP contribution in [0, 0.1) is 20.8 Å². The number of nitrogens with one attached hydrogen (secondary N) is 1. The van der Waals surface area contributed by atoms with Crippen molar-refractivity contribution in [3.8, 4) is 5.69 Å². The first kappa shape index (κ1) is 15.3. The molecule has 0 aliphatic rings. The van der Waals surface area contributed by atoms with Gasteiger partial charge in [-0.3, -0.25) is 0 Å². The fourth-order valence-corrected chi connectivity index (χ4v) is 3.05. The molecule has 3 nitrogen and oxygen atoms in total. The Kier molecular flexibility index (Phi) is 5.00. The lowest BCUT2D eigenvalue weighted by atomic mass is 10.1. The van der Waals surface area contributed by atoms with Gasteiger partial charge in [0.1, 0.15) is 0 Å². The molecule has 0 aliphatic heterocycles. The topological polar surface area (TPSA) is 29.9 Å². The van der Waals surface area contributed by atoms with Crippen molar-refractivity contribution in [2.24, 2.45) is 0 Å².